The van der Waals surface area contributed by atoms with Crippen LogP contribution in [-0.2, 0) is 0 Å². The first-order chi connectivity index (χ1) is 10.2. The maximum absolute atomic E-state index is 5.88. The fourth-order valence-corrected chi connectivity index (χ4v) is 2.29. The molecule has 0 saturated heterocycles. The molecule has 2 aromatic carbocycles. The van der Waals surface area contributed by atoms with Crippen molar-refractivity contribution in [2.24, 2.45) is 0 Å². The van der Waals surface area contributed by atoms with E-state index < -0.39 is 0 Å². The van der Waals surface area contributed by atoms with Gasteiger partial charge >= 0.3 is 0 Å². The molecule has 21 heavy (non-hydrogen) atoms. The summed E-state index contributed by atoms with van der Waals surface area (Å²) in [4.78, 5) is 0. The zero-order valence-electron chi connectivity index (χ0n) is 11.7. The summed E-state index contributed by atoms with van der Waals surface area (Å²) in [6.45, 7) is 0.560. The first kappa shape index (κ1) is 13.8. The van der Waals surface area contributed by atoms with Crippen molar-refractivity contribution in [3.05, 3.63) is 70.3 Å². The Morgan fingerprint density at radius 1 is 1.10 bits per heavy atom. The molecule has 0 fully saturated rings. The molecule has 3 rings (SSSR count). The van der Waals surface area contributed by atoms with Gasteiger partial charge in [-0.1, -0.05) is 35.9 Å². The van der Waals surface area contributed by atoms with Crippen molar-refractivity contribution in [1.29, 1.82) is 0 Å². The fraction of sp³-hybridized carbons (Fsp3) is 0.111. The van der Waals surface area contributed by atoms with E-state index in [4.69, 9.17) is 21.1 Å². The van der Waals surface area contributed by atoms with Gasteiger partial charge in [0.1, 0.15) is 18.1 Å². The second kappa shape index (κ2) is 6.06. The molecule has 1 aliphatic heterocycles. The Bertz CT molecular complexity index is 700. The minimum atomic E-state index is 0.560. The van der Waals surface area contributed by atoms with E-state index in [1.165, 1.54) is 0 Å². The molecule has 0 N–H and O–H groups in total. The first-order valence-corrected chi connectivity index (χ1v) is 7.07. The van der Waals surface area contributed by atoms with Gasteiger partial charge in [-0.15, -0.1) is 0 Å². The lowest BCUT2D eigenvalue weighted by Crippen LogP contribution is -2.05. The molecule has 106 valence electrons. The highest BCUT2D eigenvalue weighted by molar-refractivity contribution is 6.30. The van der Waals surface area contributed by atoms with Crippen LogP contribution in [0.25, 0.3) is 12.2 Å². The minimum Gasteiger partial charge on any atom is -0.497 e. The summed E-state index contributed by atoms with van der Waals surface area (Å²) in [6.07, 6.45) is 6.25. The van der Waals surface area contributed by atoms with Crippen LogP contribution in [0.1, 0.15) is 11.1 Å². The van der Waals surface area contributed by atoms with Gasteiger partial charge in [0.15, 0.2) is 0 Å². The highest BCUT2D eigenvalue weighted by atomic mass is 35.5. The Hall–Kier alpha value is -2.19. The van der Waals surface area contributed by atoms with E-state index >= 15 is 0 Å². The van der Waals surface area contributed by atoms with Crippen LogP contribution in [0.5, 0.6) is 11.5 Å². The quantitative estimate of drug-likeness (QED) is 0.807. The Morgan fingerprint density at radius 3 is 2.67 bits per heavy atom. The van der Waals surface area contributed by atoms with E-state index in [0.29, 0.717) is 6.61 Å². The molecule has 3 heteroatoms. The lowest BCUT2D eigenvalue weighted by atomic mass is 10.1. The predicted molar refractivity (Wildman–Crippen MR) is 87.0 cm³/mol. The molecule has 0 aromatic heterocycles. The monoisotopic (exact) mass is 298 g/mol. The summed E-state index contributed by atoms with van der Waals surface area (Å²) in [5.41, 5.74) is 3.31. The number of methoxy groups -OCH3 is 1. The summed E-state index contributed by atoms with van der Waals surface area (Å²) in [5.74, 6) is 1.67. The molecule has 0 amide bonds. The van der Waals surface area contributed by atoms with Gasteiger partial charge in [-0.3, -0.25) is 0 Å². The first-order valence-electron chi connectivity index (χ1n) is 6.70. The van der Waals surface area contributed by atoms with Crippen LogP contribution in [0.3, 0.4) is 0 Å². The Kier molecular flexibility index (Phi) is 3.98. The van der Waals surface area contributed by atoms with Gasteiger partial charge in [-0.05, 0) is 41.5 Å². The molecular weight excluding hydrogens is 284 g/mol. The highest BCUT2D eigenvalue weighted by Gasteiger charge is 2.10. The van der Waals surface area contributed by atoms with Crippen molar-refractivity contribution in [1.82, 2.24) is 0 Å². The Morgan fingerprint density at radius 2 is 1.90 bits per heavy atom. The van der Waals surface area contributed by atoms with Crippen LogP contribution in [0, 0.1) is 0 Å². The third kappa shape index (κ3) is 3.29. The predicted octanol–water partition coefficient (Wildman–Crippen LogP) is 4.84. The van der Waals surface area contributed by atoms with E-state index in [-0.39, 0.29) is 0 Å². The smallest absolute Gasteiger partial charge is 0.130 e. The number of rotatable bonds is 3. The normalized spacial score (nSPS) is 13.5. The lowest BCUT2D eigenvalue weighted by Gasteiger charge is -2.16. The van der Waals surface area contributed by atoms with Crippen molar-refractivity contribution in [2.75, 3.05) is 13.7 Å². The SMILES string of the molecule is COc1ccc2c(c1)OCC(/C=C/c1ccc(Cl)cc1)=C2. The molecule has 0 saturated carbocycles. The zero-order valence-corrected chi connectivity index (χ0v) is 12.4. The van der Waals surface area contributed by atoms with Crippen LogP contribution in [0.4, 0.5) is 0 Å². The molecule has 0 aliphatic carbocycles. The maximum atomic E-state index is 5.88. The van der Waals surface area contributed by atoms with Crippen molar-refractivity contribution < 1.29 is 9.47 Å². The molecule has 1 heterocycles. The molecule has 0 atom stereocenters. The summed E-state index contributed by atoms with van der Waals surface area (Å²) >= 11 is 5.88. The van der Waals surface area contributed by atoms with Gasteiger partial charge in [-0.25, -0.2) is 0 Å². The van der Waals surface area contributed by atoms with Gasteiger partial charge in [0.05, 0.1) is 7.11 Å². The van der Waals surface area contributed by atoms with Crippen LogP contribution >= 0.6 is 11.6 Å². The highest BCUT2D eigenvalue weighted by Crippen LogP contribution is 2.30. The van der Waals surface area contributed by atoms with Crippen molar-refractivity contribution in [2.45, 2.75) is 0 Å². The second-order valence-corrected chi connectivity index (χ2v) is 5.23. The number of fused-ring (bicyclic) bond motifs is 1. The summed E-state index contributed by atoms with van der Waals surface area (Å²) in [7, 11) is 1.65. The third-order valence-corrected chi connectivity index (χ3v) is 3.57. The maximum Gasteiger partial charge on any atom is 0.130 e. The van der Waals surface area contributed by atoms with Crippen LogP contribution < -0.4 is 9.47 Å². The average Bonchev–Trinajstić information content (AvgIpc) is 2.53. The Labute approximate surface area is 129 Å². The zero-order chi connectivity index (χ0) is 14.7. The summed E-state index contributed by atoms with van der Waals surface area (Å²) in [6, 6.07) is 13.6. The molecular formula is C18H15ClO2. The molecule has 0 spiro atoms. The minimum absolute atomic E-state index is 0.560. The molecule has 2 aromatic rings. The van der Waals surface area contributed by atoms with Gasteiger partial charge in [0.2, 0.25) is 0 Å². The largest absolute Gasteiger partial charge is 0.497 e. The van der Waals surface area contributed by atoms with E-state index in [1.54, 1.807) is 7.11 Å². The third-order valence-electron chi connectivity index (χ3n) is 3.32. The summed E-state index contributed by atoms with van der Waals surface area (Å²) < 4.78 is 11.0. The van der Waals surface area contributed by atoms with Crippen molar-refractivity contribution in [3.63, 3.8) is 0 Å². The summed E-state index contributed by atoms with van der Waals surface area (Å²) in [5, 5.41) is 0.746. The topological polar surface area (TPSA) is 18.5 Å². The molecule has 0 bridgehead atoms. The lowest BCUT2D eigenvalue weighted by molar-refractivity contribution is 0.346. The van der Waals surface area contributed by atoms with Crippen LogP contribution in [0.2, 0.25) is 5.02 Å². The van der Waals surface area contributed by atoms with E-state index in [1.807, 2.05) is 42.5 Å². The van der Waals surface area contributed by atoms with E-state index in [9.17, 15) is 0 Å². The van der Waals surface area contributed by atoms with Crippen LogP contribution in [-0.4, -0.2) is 13.7 Å². The second-order valence-electron chi connectivity index (χ2n) is 4.80. The van der Waals surface area contributed by atoms with Gasteiger partial charge in [0.25, 0.3) is 0 Å². The van der Waals surface area contributed by atoms with Crippen molar-refractivity contribution in [3.8, 4) is 11.5 Å². The van der Waals surface area contributed by atoms with Gasteiger partial charge < -0.3 is 9.47 Å². The molecule has 2 nitrogen and oxygen atoms in total. The van der Waals surface area contributed by atoms with Gasteiger partial charge in [-0.2, -0.15) is 0 Å². The fourth-order valence-electron chi connectivity index (χ4n) is 2.16. The van der Waals surface area contributed by atoms with E-state index in [2.05, 4.69) is 18.2 Å². The number of hydrogen-bond acceptors (Lipinski definition) is 2. The Balaban J connectivity index is 1.80. The van der Waals surface area contributed by atoms with Crippen molar-refractivity contribution >= 4 is 23.8 Å². The van der Waals surface area contributed by atoms with E-state index in [0.717, 1.165) is 33.2 Å². The number of halogens is 1. The number of hydrogen-bond donors (Lipinski definition) is 0. The van der Waals surface area contributed by atoms with Gasteiger partial charge in [0, 0.05) is 16.7 Å². The molecule has 1 aliphatic rings. The number of benzene rings is 2. The molecule has 0 unspecified atom stereocenters. The number of ether oxygens (including phenoxy) is 2. The van der Waals surface area contributed by atoms with Crippen LogP contribution in [0.15, 0.2) is 54.1 Å². The molecule has 0 radical (unpaired) electrons. The standard InChI is InChI=1S/C18H15ClO2/c1-20-17-9-6-15-10-14(12-21-18(15)11-17)3-2-13-4-7-16(19)8-5-13/h2-11H,12H2,1H3/b3-2+. The average molecular weight is 299 g/mol.